The van der Waals surface area contributed by atoms with Crippen LogP contribution in [0.3, 0.4) is 0 Å². The first-order valence-electron chi connectivity index (χ1n) is 6.17. The molecule has 0 aliphatic rings. The largest absolute Gasteiger partial charge is 0.631 e. The first kappa shape index (κ1) is 19.4. The standard InChI is InChI=1S/C13H20O2S.BH3O3/c1-12(2,14)13(3,15)8-10-4-6-11(9-16)7-5-10;2-1(3)4/h4-7,14-16H,8-9H2,1-3H3;2-4H. The van der Waals surface area contributed by atoms with Crippen molar-refractivity contribution in [2.45, 2.75) is 44.1 Å². The third-order valence-electron chi connectivity index (χ3n) is 3.07. The summed E-state index contributed by atoms with van der Waals surface area (Å²) in [6.45, 7) is 4.89. The van der Waals surface area contributed by atoms with Crippen molar-refractivity contribution in [3.63, 3.8) is 0 Å². The minimum atomic E-state index is -2.17. The highest BCUT2D eigenvalue weighted by Gasteiger charge is 2.37. The van der Waals surface area contributed by atoms with Gasteiger partial charge in [0.1, 0.15) is 0 Å². The molecule has 0 amide bonds. The smallest absolute Gasteiger partial charge is 0.402 e. The monoisotopic (exact) mass is 302 g/mol. The molecule has 0 spiro atoms. The highest BCUT2D eigenvalue weighted by Crippen LogP contribution is 2.25. The quantitative estimate of drug-likeness (QED) is 0.351. The van der Waals surface area contributed by atoms with Crippen molar-refractivity contribution in [2.24, 2.45) is 0 Å². The van der Waals surface area contributed by atoms with Gasteiger partial charge in [-0.2, -0.15) is 12.6 Å². The second-order valence-electron chi connectivity index (χ2n) is 5.33. The number of thiol groups is 1. The molecule has 1 unspecified atom stereocenters. The van der Waals surface area contributed by atoms with E-state index in [1.54, 1.807) is 20.8 Å². The third-order valence-corrected chi connectivity index (χ3v) is 3.44. The molecule has 114 valence electrons. The molecule has 1 atom stereocenters. The van der Waals surface area contributed by atoms with E-state index in [1.807, 2.05) is 24.3 Å². The van der Waals surface area contributed by atoms with Gasteiger partial charge in [-0.05, 0) is 31.9 Å². The van der Waals surface area contributed by atoms with Gasteiger partial charge in [-0.1, -0.05) is 24.3 Å². The van der Waals surface area contributed by atoms with Crippen LogP contribution in [0.5, 0.6) is 0 Å². The Labute approximate surface area is 125 Å². The lowest BCUT2D eigenvalue weighted by Gasteiger charge is -2.35. The van der Waals surface area contributed by atoms with Crippen LogP contribution in [0.1, 0.15) is 31.9 Å². The summed E-state index contributed by atoms with van der Waals surface area (Å²) in [4.78, 5) is 0. The number of rotatable bonds is 4. The van der Waals surface area contributed by atoms with Gasteiger partial charge in [-0.3, -0.25) is 0 Å². The fraction of sp³-hybridized carbons (Fsp3) is 0.538. The lowest BCUT2D eigenvalue weighted by molar-refractivity contribution is -0.118. The summed E-state index contributed by atoms with van der Waals surface area (Å²) in [5.41, 5.74) is -0.0855. The van der Waals surface area contributed by atoms with E-state index >= 15 is 0 Å². The zero-order valence-corrected chi connectivity index (χ0v) is 12.9. The normalized spacial score (nSPS) is 14.1. The van der Waals surface area contributed by atoms with Crippen LogP contribution in [0.15, 0.2) is 24.3 Å². The molecule has 0 aliphatic carbocycles. The van der Waals surface area contributed by atoms with Crippen molar-refractivity contribution in [1.29, 1.82) is 0 Å². The highest BCUT2D eigenvalue weighted by molar-refractivity contribution is 7.79. The van der Waals surface area contributed by atoms with Gasteiger partial charge in [0.25, 0.3) is 0 Å². The fourth-order valence-corrected chi connectivity index (χ4v) is 1.59. The molecule has 0 saturated carbocycles. The molecule has 0 radical (unpaired) electrons. The van der Waals surface area contributed by atoms with Crippen molar-refractivity contribution in [3.8, 4) is 0 Å². The zero-order chi connectivity index (χ0) is 16.0. The second kappa shape index (κ2) is 8.02. The minimum absolute atomic E-state index is 0.434. The molecule has 0 fully saturated rings. The summed E-state index contributed by atoms with van der Waals surface area (Å²) in [6, 6.07) is 7.91. The maximum Gasteiger partial charge on any atom is 0.631 e. The Morgan fingerprint density at radius 2 is 1.30 bits per heavy atom. The number of aliphatic hydroxyl groups is 2. The lowest BCUT2D eigenvalue weighted by Crippen LogP contribution is -2.49. The molecule has 0 aliphatic heterocycles. The van der Waals surface area contributed by atoms with Crippen molar-refractivity contribution in [1.82, 2.24) is 0 Å². The van der Waals surface area contributed by atoms with E-state index < -0.39 is 18.5 Å². The Hall–Kier alpha value is -0.565. The first-order chi connectivity index (χ1) is 8.99. The van der Waals surface area contributed by atoms with Gasteiger partial charge >= 0.3 is 7.32 Å². The van der Waals surface area contributed by atoms with E-state index in [0.29, 0.717) is 12.2 Å². The van der Waals surface area contributed by atoms with Crippen molar-refractivity contribution >= 4 is 20.0 Å². The molecule has 0 saturated heterocycles. The molecule has 1 aromatic carbocycles. The minimum Gasteiger partial charge on any atom is -0.402 e. The van der Waals surface area contributed by atoms with Crippen LogP contribution in [0.25, 0.3) is 0 Å². The van der Waals surface area contributed by atoms with Gasteiger partial charge in [-0.25, -0.2) is 0 Å². The molecule has 0 bridgehead atoms. The number of hydrogen-bond donors (Lipinski definition) is 6. The first-order valence-corrected chi connectivity index (χ1v) is 6.80. The van der Waals surface area contributed by atoms with Crippen molar-refractivity contribution in [3.05, 3.63) is 35.4 Å². The van der Waals surface area contributed by atoms with Crippen LogP contribution in [-0.2, 0) is 12.2 Å². The van der Waals surface area contributed by atoms with E-state index in [0.717, 1.165) is 11.1 Å². The summed E-state index contributed by atoms with van der Waals surface area (Å²) < 4.78 is 0. The summed E-state index contributed by atoms with van der Waals surface area (Å²) >= 11 is 4.19. The molecule has 0 heterocycles. The van der Waals surface area contributed by atoms with Gasteiger partial charge in [0.05, 0.1) is 11.2 Å². The molecule has 7 heteroatoms. The summed E-state index contributed by atoms with van der Waals surface area (Å²) in [7, 11) is -2.17. The van der Waals surface area contributed by atoms with Crippen LogP contribution in [0.4, 0.5) is 0 Å². The van der Waals surface area contributed by atoms with Crippen LogP contribution in [0.2, 0.25) is 0 Å². The van der Waals surface area contributed by atoms with Crippen LogP contribution in [-0.4, -0.2) is 43.8 Å². The molecular weight excluding hydrogens is 279 g/mol. The Morgan fingerprint density at radius 3 is 1.60 bits per heavy atom. The number of benzene rings is 1. The average molecular weight is 302 g/mol. The van der Waals surface area contributed by atoms with Gasteiger partial charge in [0.2, 0.25) is 0 Å². The van der Waals surface area contributed by atoms with Crippen LogP contribution >= 0.6 is 12.6 Å². The van der Waals surface area contributed by atoms with E-state index in [-0.39, 0.29) is 0 Å². The van der Waals surface area contributed by atoms with E-state index in [2.05, 4.69) is 12.6 Å². The molecule has 20 heavy (non-hydrogen) atoms. The van der Waals surface area contributed by atoms with Crippen LogP contribution in [0, 0.1) is 0 Å². The Bertz CT molecular complexity index is 384. The second-order valence-corrected chi connectivity index (χ2v) is 5.65. The van der Waals surface area contributed by atoms with E-state index in [4.69, 9.17) is 15.1 Å². The lowest BCUT2D eigenvalue weighted by atomic mass is 9.82. The van der Waals surface area contributed by atoms with E-state index in [1.165, 1.54) is 0 Å². The molecular formula is C13H23BO5S. The topological polar surface area (TPSA) is 101 Å². The van der Waals surface area contributed by atoms with Gasteiger partial charge in [0, 0.05) is 12.2 Å². The highest BCUT2D eigenvalue weighted by atomic mass is 32.1. The fourth-order valence-electron chi connectivity index (χ4n) is 1.38. The zero-order valence-electron chi connectivity index (χ0n) is 12.0. The van der Waals surface area contributed by atoms with Gasteiger partial charge in [-0.15, -0.1) is 0 Å². The average Bonchev–Trinajstić information content (AvgIpc) is 2.27. The summed E-state index contributed by atoms with van der Waals surface area (Å²) in [5.74, 6) is 0.710. The third kappa shape index (κ3) is 7.28. The molecule has 5 nitrogen and oxygen atoms in total. The van der Waals surface area contributed by atoms with Gasteiger partial charge in [0.15, 0.2) is 0 Å². The molecule has 5 N–H and O–H groups in total. The van der Waals surface area contributed by atoms with Crippen molar-refractivity contribution < 1.29 is 25.3 Å². The Balaban J connectivity index is 0.000000796. The van der Waals surface area contributed by atoms with Crippen LogP contribution < -0.4 is 0 Å². The summed E-state index contributed by atoms with van der Waals surface area (Å²) in [6.07, 6.45) is 0.434. The number of hydrogen-bond acceptors (Lipinski definition) is 6. The molecule has 1 rings (SSSR count). The van der Waals surface area contributed by atoms with Gasteiger partial charge < -0.3 is 25.3 Å². The Morgan fingerprint density at radius 1 is 0.950 bits per heavy atom. The SMILES string of the molecule is CC(C)(O)C(C)(O)Cc1ccc(CS)cc1.OB(O)O. The molecule has 1 aromatic rings. The summed E-state index contributed by atoms with van der Waals surface area (Å²) in [5, 5.41) is 41.5. The Kier molecular flexibility index (Phi) is 7.79. The maximum absolute atomic E-state index is 10.2. The maximum atomic E-state index is 10.2. The molecule has 0 aromatic heterocycles. The predicted molar refractivity (Wildman–Crippen MR) is 82.2 cm³/mol. The predicted octanol–water partition coefficient (Wildman–Crippen LogP) is 0.129. The van der Waals surface area contributed by atoms with E-state index in [9.17, 15) is 10.2 Å². The van der Waals surface area contributed by atoms with Crippen molar-refractivity contribution in [2.75, 3.05) is 0 Å².